The van der Waals surface area contributed by atoms with Crippen molar-refractivity contribution < 1.29 is 29.6 Å². The largest absolute Gasteiger partial charge is 0.508 e. The van der Waals surface area contributed by atoms with Gasteiger partial charge < -0.3 is 25.4 Å². The van der Waals surface area contributed by atoms with Crippen molar-refractivity contribution in [2.75, 3.05) is 12.4 Å². The smallest absolute Gasteiger partial charge is 0.337 e. The lowest BCUT2D eigenvalue weighted by molar-refractivity contribution is -0.116. The number of amides is 1. The molecule has 0 bridgehead atoms. The summed E-state index contributed by atoms with van der Waals surface area (Å²) in [5, 5.41) is 30.8. The summed E-state index contributed by atoms with van der Waals surface area (Å²) in [6, 6.07) is 8.39. The van der Waals surface area contributed by atoms with Crippen LogP contribution in [0.15, 0.2) is 36.4 Å². The van der Waals surface area contributed by atoms with Crippen LogP contribution in [-0.4, -0.2) is 34.3 Å². The molecule has 0 radical (unpaired) electrons. The van der Waals surface area contributed by atoms with Crippen molar-refractivity contribution in [3.8, 4) is 17.2 Å². The van der Waals surface area contributed by atoms with E-state index in [1.54, 1.807) is 12.1 Å². The maximum Gasteiger partial charge on any atom is 0.337 e. The minimum Gasteiger partial charge on any atom is -0.508 e. The standard InChI is InChI=1S/C17H17NO6/c1-24-12-5-2-10(15(20)9-12)3-7-16(21)18-14-8-11(19)4-6-13(14)17(22)23/h2,4-6,8-9,19-20H,3,7H2,1H3,(H,18,21)(H,22,23). The fourth-order valence-electron chi connectivity index (χ4n) is 2.17. The van der Waals surface area contributed by atoms with Gasteiger partial charge in [-0.15, -0.1) is 0 Å². The summed E-state index contributed by atoms with van der Waals surface area (Å²) in [6.07, 6.45) is 0.303. The van der Waals surface area contributed by atoms with Crippen molar-refractivity contribution in [3.63, 3.8) is 0 Å². The van der Waals surface area contributed by atoms with Crippen molar-refractivity contribution in [2.45, 2.75) is 12.8 Å². The highest BCUT2D eigenvalue weighted by Crippen LogP contribution is 2.25. The molecule has 0 atom stereocenters. The van der Waals surface area contributed by atoms with Crippen LogP contribution in [0.2, 0.25) is 0 Å². The Bertz CT molecular complexity index is 772. The number of hydrogen-bond donors (Lipinski definition) is 4. The topological polar surface area (TPSA) is 116 Å². The maximum atomic E-state index is 12.0. The number of anilines is 1. The number of phenols is 2. The lowest BCUT2D eigenvalue weighted by Crippen LogP contribution is -2.15. The number of benzene rings is 2. The predicted octanol–water partition coefficient (Wildman–Crippen LogP) is 2.38. The molecule has 24 heavy (non-hydrogen) atoms. The van der Waals surface area contributed by atoms with Crippen molar-refractivity contribution in [3.05, 3.63) is 47.5 Å². The van der Waals surface area contributed by atoms with Crippen molar-refractivity contribution in [1.82, 2.24) is 0 Å². The Balaban J connectivity index is 2.04. The first-order valence-electron chi connectivity index (χ1n) is 7.12. The Morgan fingerprint density at radius 1 is 1.12 bits per heavy atom. The van der Waals surface area contributed by atoms with E-state index in [0.29, 0.717) is 11.3 Å². The number of hydrogen-bond acceptors (Lipinski definition) is 5. The van der Waals surface area contributed by atoms with E-state index in [-0.39, 0.29) is 35.6 Å². The molecule has 0 fully saturated rings. The molecule has 2 aromatic rings. The molecule has 0 spiro atoms. The van der Waals surface area contributed by atoms with Crippen LogP contribution in [0, 0.1) is 0 Å². The van der Waals surface area contributed by atoms with Crippen LogP contribution < -0.4 is 10.1 Å². The fraction of sp³-hybridized carbons (Fsp3) is 0.176. The quantitative estimate of drug-likeness (QED) is 0.646. The van der Waals surface area contributed by atoms with Gasteiger partial charge in [0.05, 0.1) is 18.4 Å². The summed E-state index contributed by atoms with van der Waals surface area (Å²) in [5.41, 5.74) is 0.472. The predicted molar refractivity (Wildman–Crippen MR) is 86.7 cm³/mol. The monoisotopic (exact) mass is 331 g/mol. The van der Waals surface area contributed by atoms with Crippen LogP contribution >= 0.6 is 0 Å². The number of phenolic OH excluding ortho intramolecular Hbond substituents is 2. The zero-order chi connectivity index (χ0) is 17.7. The molecule has 0 unspecified atom stereocenters. The first-order chi connectivity index (χ1) is 11.4. The molecule has 1 amide bonds. The molecule has 0 saturated carbocycles. The molecule has 0 aliphatic rings. The van der Waals surface area contributed by atoms with Crippen LogP contribution in [0.25, 0.3) is 0 Å². The number of aromatic carboxylic acids is 1. The van der Waals surface area contributed by atoms with Gasteiger partial charge in [-0.1, -0.05) is 6.07 Å². The summed E-state index contributed by atoms with van der Waals surface area (Å²) in [7, 11) is 1.48. The summed E-state index contributed by atoms with van der Waals surface area (Å²) < 4.78 is 4.98. The van der Waals surface area contributed by atoms with E-state index in [4.69, 9.17) is 9.84 Å². The second-order valence-corrected chi connectivity index (χ2v) is 5.08. The third-order valence-electron chi connectivity index (χ3n) is 3.42. The van der Waals surface area contributed by atoms with E-state index in [1.807, 2.05) is 0 Å². The van der Waals surface area contributed by atoms with Gasteiger partial charge in [0.25, 0.3) is 0 Å². The fourth-order valence-corrected chi connectivity index (χ4v) is 2.17. The minimum atomic E-state index is -1.21. The molecule has 0 aliphatic carbocycles. The normalized spacial score (nSPS) is 10.2. The van der Waals surface area contributed by atoms with Gasteiger partial charge in [-0.05, 0) is 30.2 Å². The number of carbonyl (C=O) groups is 2. The van der Waals surface area contributed by atoms with E-state index < -0.39 is 11.9 Å². The summed E-state index contributed by atoms with van der Waals surface area (Å²) in [4.78, 5) is 23.1. The highest BCUT2D eigenvalue weighted by molar-refractivity contribution is 6.00. The number of methoxy groups -OCH3 is 1. The van der Waals surface area contributed by atoms with E-state index in [2.05, 4.69) is 5.32 Å². The van der Waals surface area contributed by atoms with Gasteiger partial charge in [-0.25, -0.2) is 4.79 Å². The molecule has 4 N–H and O–H groups in total. The molecule has 2 aromatic carbocycles. The maximum absolute atomic E-state index is 12.0. The second-order valence-electron chi connectivity index (χ2n) is 5.08. The molecule has 0 heterocycles. The number of aromatic hydroxyl groups is 2. The molecule has 7 heteroatoms. The molecule has 0 saturated heterocycles. The van der Waals surface area contributed by atoms with Gasteiger partial charge in [0.1, 0.15) is 17.2 Å². The molecule has 126 valence electrons. The molecular weight excluding hydrogens is 314 g/mol. The Hall–Kier alpha value is -3.22. The average molecular weight is 331 g/mol. The van der Waals surface area contributed by atoms with Gasteiger partial charge in [0.2, 0.25) is 5.91 Å². The highest BCUT2D eigenvalue weighted by atomic mass is 16.5. The van der Waals surface area contributed by atoms with Crippen LogP contribution in [0.3, 0.4) is 0 Å². The number of nitrogens with one attached hydrogen (secondary N) is 1. The Morgan fingerprint density at radius 3 is 2.50 bits per heavy atom. The van der Waals surface area contributed by atoms with Crippen LogP contribution in [-0.2, 0) is 11.2 Å². The lowest BCUT2D eigenvalue weighted by atomic mass is 10.1. The zero-order valence-corrected chi connectivity index (χ0v) is 12.9. The Kier molecular flexibility index (Phi) is 5.26. The van der Waals surface area contributed by atoms with Crippen LogP contribution in [0.4, 0.5) is 5.69 Å². The van der Waals surface area contributed by atoms with E-state index >= 15 is 0 Å². The summed E-state index contributed by atoms with van der Waals surface area (Å²) >= 11 is 0. The van der Waals surface area contributed by atoms with E-state index in [1.165, 1.54) is 31.4 Å². The third-order valence-corrected chi connectivity index (χ3v) is 3.42. The number of carboxylic acid groups (broad SMARTS) is 1. The van der Waals surface area contributed by atoms with E-state index in [9.17, 15) is 19.8 Å². The van der Waals surface area contributed by atoms with Crippen molar-refractivity contribution in [1.29, 1.82) is 0 Å². The molecular formula is C17H17NO6. The third kappa shape index (κ3) is 4.16. The van der Waals surface area contributed by atoms with Crippen LogP contribution in [0.1, 0.15) is 22.3 Å². The first-order valence-corrected chi connectivity index (χ1v) is 7.12. The molecule has 7 nitrogen and oxygen atoms in total. The van der Waals surface area contributed by atoms with Gasteiger partial charge >= 0.3 is 5.97 Å². The van der Waals surface area contributed by atoms with E-state index in [0.717, 1.165) is 0 Å². The molecule has 0 aliphatic heterocycles. The average Bonchev–Trinajstić information content (AvgIpc) is 2.53. The number of carboxylic acids is 1. The number of ether oxygens (including phenoxy) is 1. The Morgan fingerprint density at radius 2 is 1.88 bits per heavy atom. The minimum absolute atomic E-state index is 0.0192. The number of rotatable bonds is 6. The van der Waals surface area contributed by atoms with Crippen molar-refractivity contribution >= 4 is 17.6 Å². The summed E-state index contributed by atoms with van der Waals surface area (Å²) in [6.45, 7) is 0. The number of carbonyl (C=O) groups excluding carboxylic acids is 1. The summed E-state index contributed by atoms with van der Waals surface area (Å²) in [5.74, 6) is -1.27. The van der Waals surface area contributed by atoms with Gasteiger partial charge in [0.15, 0.2) is 0 Å². The SMILES string of the molecule is COc1ccc(CCC(=O)Nc2cc(O)ccc2C(=O)O)c(O)c1. The van der Waals surface area contributed by atoms with Gasteiger partial charge in [0, 0.05) is 18.6 Å². The first kappa shape index (κ1) is 17.1. The highest BCUT2D eigenvalue weighted by Gasteiger charge is 2.14. The second kappa shape index (κ2) is 7.36. The zero-order valence-electron chi connectivity index (χ0n) is 12.9. The number of aryl methyl sites for hydroxylation is 1. The lowest BCUT2D eigenvalue weighted by Gasteiger charge is -2.10. The van der Waals surface area contributed by atoms with Crippen molar-refractivity contribution in [2.24, 2.45) is 0 Å². The van der Waals surface area contributed by atoms with Gasteiger partial charge in [-0.2, -0.15) is 0 Å². The molecule has 0 aromatic heterocycles. The van der Waals surface area contributed by atoms with Crippen LogP contribution in [0.5, 0.6) is 17.2 Å². The molecule has 2 rings (SSSR count). The van der Waals surface area contributed by atoms with Gasteiger partial charge in [-0.3, -0.25) is 4.79 Å². The Labute approximate surface area is 138 Å².